The Kier molecular flexibility index (Phi) is 9.79. The van der Waals surface area contributed by atoms with Crippen LogP contribution < -0.4 is 10.1 Å². The fraction of sp³-hybridized carbons (Fsp3) is 0.517. The molecule has 0 heterocycles. The quantitative estimate of drug-likeness (QED) is 0.399. The summed E-state index contributed by atoms with van der Waals surface area (Å²) in [5, 5.41) is 3.21. The molecule has 2 aromatic carbocycles. The Morgan fingerprint density at radius 2 is 1.77 bits per heavy atom. The van der Waals surface area contributed by atoms with E-state index in [0.717, 1.165) is 35.7 Å². The molecule has 5 nitrogen and oxygen atoms in total. The molecule has 0 saturated heterocycles. The van der Waals surface area contributed by atoms with Gasteiger partial charge in [0.1, 0.15) is 11.8 Å². The van der Waals surface area contributed by atoms with Gasteiger partial charge >= 0.3 is 0 Å². The van der Waals surface area contributed by atoms with Gasteiger partial charge in [-0.25, -0.2) is 0 Å². The molecule has 3 rings (SSSR count). The summed E-state index contributed by atoms with van der Waals surface area (Å²) in [5.74, 6) is 0.344. The number of nitrogens with one attached hydrogen (secondary N) is 1. The van der Waals surface area contributed by atoms with Crippen molar-refractivity contribution in [1.29, 1.82) is 0 Å². The summed E-state index contributed by atoms with van der Waals surface area (Å²) >= 11 is 3.59. The maximum absolute atomic E-state index is 13.5. The lowest BCUT2D eigenvalue weighted by Gasteiger charge is -2.32. The highest BCUT2D eigenvalue weighted by atomic mass is 79.9. The number of carbonyl (C=O) groups is 2. The van der Waals surface area contributed by atoms with E-state index in [2.05, 4.69) is 42.0 Å². The first-order chi connectivity index (χ1) is 16.7. The van der Waals surface area contributed by atoms with E-state index >= 15 is 0 Å². The standard InChI is InChI=1S/C29H39BrN2O3/c1-5-25(28(34)31-23-14-10-7-11-15-23)32(19-21-12-8-6-9-13-21)27(33)20-35-26-17-16-22(18-24(26)30)29(2,3)4/h6,8-9,12-13,16-18,23,25H,5,7,10-11,14-15,19-20H2,1-4H3,(H,31,34)/t25-/m1/s1. The Balaban J connectivity index is 1.75. The second-order valence-corrected chi connectivity index (χ2v) is 11.3. The van der Waals surface area contributed by atoms with Crippen LogP contribution in [-0.4, -0.2) is 35.4 Å². The SMILES string of the molecule is CC[C@H](C(=O)NC1CCCCC1)N(Cc1ccccc1)C(=O)COc1ccc(C(C)(C)C)cc1Br. The molecule has 0 bridgehead atoms. The maximum atomic E-state index is 13.5. The highest BCUT2D eigenvalue weighted by molar-refractivity contribution is 9.10. The highest BCUT2D eigenvalue weighted by Gasteiger charge is 2.30. The van der Waals surface area contributed by atoms with Crippen molar-refractivity contribution in [2.24, 2.45) is 0 Å². The largest absolute Gasteiger partial charge is 0.483 e. The third-order valence-corrected chi connectivity index (χ3v) is 7.30. The van der Waals surface area contributed by atoms with Crippen LogP contribution in [0, 0.1) is 0 Å². The van der Waals surface area contributed by atoms with Crippen LogP contribution >= 0.6 is 15.9 Å². The third kappa shape index (κ3) is 7.83. The van der Waals surface area contributed by atoms with Crippen molar-refractivity contribution in [1.82, 2.24) is 10.2 Å². The molecule has 190 valence electrons. The van der Waals surface area contributed by atoms with Gasteiger partial charge in [0.05, 0.1) is 4.47 Å². The van der Waals surface area contributed by atoms with E-state index in [-0.39, 0.29) is 29.9 Å². The van der Waals surface area contributed by atoms with E-state index in [0.29, 0.717) is 18.7 Å². The summed E-state index contributed by atoms with van der Waals surface area (Å²) in [6.45, 7) is 8.66. The van der Waals surface area contributed by atoms with E-state index in [1.165, 1.54) is 12.0 Å². The van der Waals surface area contributed by atoms with Crippen LogP contribution in [0.25, 0.3) is 0 Å². The number of ether oxygens (including phenoxy) is 1. The number of amides is 2. The first-order valence-corrected chi connectivity index (χ1v) is 13.5. The van der Waals surface area contributed by atoms with Crippen LogP contribution in [-0.2, 0) is 21.5 Å². The predicted molar refractivity (Wildman–Crippen MR) is 144 cm³/mol. The smallest absolute Gasteiger partial charge is 0.261 e. The van der Waals surface area contributed by atoms with E-state index < -0.39 is 6.04 Å². The van der Waals surface area contributed by atoms with Crippen molar-refractivity contribution in [3.05, 3.63) is 64.1 Å². The molecule has 2 amide bonds. The number of carbonyl (C=O) groups excluding carboxylic acids is 2. The van der Waals surface area contributed by atoms with Crippen molar-refractivity contribution < 1.29 is 14.3 Å². The van der Waals surface area contributed by atoms with Gasteiger partial charge in [-0.15, -0.1) is 0 Å². The monoisotopic (exact) mass is 542 g/mol. The zero-order valence-corrected chi connectivity index (χ0v) is 23.1. The minimum absolute atomic E-state index is 0.0173. The summed E-state index contributed by atoms with van der Waals surface area (Å²) in [4.78, 5) is 28.4. The fourth-order valence-electron chi connectivity index (χ4n) is 4.55. The second-order valence-electron chi connectivity index (χ2n) is 10.5. The average Bonchev–Trinajstić information content (AvgIpc) is 2.83. The maximum Gasteiger partial charge on any atom is 0.261 e. The molecule has 1 fully saturated rings. The number of nitrogens with zero attached hydrogens (tertiary/aromatic N) is 1. The van der Waals surface area contributed by atoms with Gasteiger partial charge in [0.2, 0.25) is 5.91 Å². The average molecular weight is 544 g/mol. The van der Waals surface area contributed by atoms with Gasteiger partial charge in [-0.05, 0) is 63.9 Å². The summed E-state index contributed by atoms with van der Waals surface area (Å²) in [6.07, 6.45) is 6.08. The third-order valence-electron chi connectivity index (χ3n) is 6.68. The Morgan fingerprint density at radius 1 is 1.09 bits per heavy atom. The molecule has 35 heavy (non-hydrogen) atoms. The zero-order valence-electron chi connectivity index (χ0n) is 21.5. The first kappa shape index (κ1) is 27.3. The van der Waals surface area contributed by atoms with Gasteiger partial charge in [0.25, 0.3) is 5.91 Å². The molecule has 1 aliphatic carbocycles. The summed E-state index contributed by atoms with van der Waals surface area (Å²) in [6, 6.07) is 15.4. The molecule has 0 aliphatic heterocycles. The Labute approximate surface area is 218 Å². The Hall–Kier alpha value is -2.34. The van der Waals surface area contributed by atoms with Gasteiger partial charge in [-0.3, -0.25) is 9.59 Å². The number of benzene rings is 2. The second kappa shape index (κ2) is 12.6. The fourth-order valence-corrected chi connectivity index (χ4v) is 5.04. The minimum Gasteiger partial charge on any atom is -0.483 e. The van der Waals surface area contributed by atoms with Crippen molar-refractivity contribution >= 4 is 27.7 Å². The number of hydrogen-bond donors (Lipinski definition) is 1. The number of hydrogen-bond acceptors (Lipinski definition) is 3. The molecular weight excluding hydrogens is 504 g/mol. The molecule has 6 heteroatoms. The molecule has 0 unspecified atom stereocenters. The minimum atomic E-state index is -0.542. The summed E-state index contributed by atoms with van der Waals surface area (Å²) in [5.41, 5.74) is 2.18. The lowest BCUT2D eigenvalue weighted by Crippen LogP contribution is -2.52. The number of halogens is 1. The van der Waals surface area contributed by atoms with E-state index in [1.807, 2.05) is 55.5 Å². The van der Waals surface area contributed by atoms with Crippen LogP contribution in [0.5, 0.6) is 5.75 Å². The molecule has 1 N–H and O–H groups in total. The molecule has 1 atom stereocenters. The van der Waals surface area contributed by atoms with Crippen LogP contribution in [0.2, 0.25) is 0 Å². The summed E-state index contributed by atoms with van der Waals surface area (Å²) in [7, 11) is 0. The topological polar surface area (TPSA) is 58.6 Å². The lowest BCUT2D eigenvalue weighted by molar-refractivity contribution is -0.143. The highest BCUT2D eigenvalue weighted by Crippen LogP contribution is 2.31. The number of rotatable bonds is 9. The van der Waals surface area contributed by atoms with Crippen LogP contribution in [0.3, 0.4) is 0 Å². The molecular formula is C29H39BrN2O3. The molecule has 0 aromatic heterocycles. The van der Waals surface area contributed by atoms with Crippen LogP contribution in [0.15, 0.2) is 53.0 Å². The first-order valence-electron chi connectivity index (χ1n) is 12.8. The zero-order chi connectivity index (χ0) is 25.4. The van der Waals surface area contributed by atoms with Gasteiger partial charge in [0.15, 0.2) is 6.61 Å². The van der Waals surface area contributed by atoms with E-state index in [1.54, 1.807) is 4.90 Å². The predicted octanol–water partition coefficient (Wildman–Crippen LogP) is 6.38. The van der Waals surface area contributed by atoms with Crippen LogP contribution in [0.4, 0.5) is 0 Å². The Bertz CT molecular complexity index is 981. The van der Waals surface area contributed by atoms with Gasteiger partial charge in [-0.1, -0.05) is 83.4 Å². The molecule has 0 radical (unpaired) electrons. The van der Waals surface area contributed by atoms with Crippen molar-refractivity contribution in [3.8, 4) is 5.75 Å². The van der Waals surface area contributed by atoms with Crippen molar-refractivity contribution in [3.63, 3.8) is 0 Å². The lowest BCUT2D eigenvalue weighted by atomic mass is 9.87. The molecule has 0 spiro atoms. The van der Waals surface area contributed by atoms with E-state index in [4.69, 9.17) is 4.74 Å². The van der Waals surface area contributed by atoms with Gasteiger partial charge in [0, 0.05) is 12.6 Å². The van der Waals surface area contributed by atoms with Gasteiger partial charge < -0.3 is 15.0 Å². The molecule has 2 aromatic rings. The van der Waals surface area contributed by atoms with E-state index in [9.17, 15) is 9.59 Å². The Morgan fingerprint density at radius 3 is 2.37 bits per heavy atom. The molecule has 1 aliphatic rings. The summed E-state index contributed by atoms with van der Waals surface area (Å²) < 4.78 is 6.75. The van der Waals surface area contributed by atoms with Crippen LogP contribution in [0.1, 0.15) is 77.3 Å². The van der Waals surface area contributed by atoms with Crippen molar-refractivity contribution in [2.75, 3.05) is 6.61 Å². The molecule has 1 saturated carbocycles. The van der Waals surface area contributed by atoms with Crippen molar-refractivity contribution in [2.45, 2.75) is 90.3 Å². The van der Waals surface area contributed by atoms with Gasteiger partial charge in [-0.2, -0.15) is 0 Å². The normalized spacial score (nSPS) is 15.3.